The van der Waals surface area contributed by atoms with Gasteiger partial charge in [-0.2, -0.15) is 0 Å². The molecule has 0 spiro atoms. The summed E-state index contributed by atoms with van der Waals surface area (Å²) in [6, 6.07) is 1.11. The minimum Gasteiger partial charge on any atom is -0.398 e. The Bertz CT molecular complexity index is 135. The molecule has 0 amide bonds. The van der Waals surface area contributed by atoms with E-state index in [0.717, 1.165) is 18.9 Å². The monoisotopic (exact) mass is 238 g/mol. The van der Waals surface area contributed by atoms with Crippen molar-refractivity contribution in [2.75, 3.05) is 20.8 Å². The van der Waals surface area contributed by atoms with E-state index >= 15 is 0 Å². The molecule has 14 heavy (non-hydrogen) atoms. The van der Waals surface area contributed by atoms with E-state index in [2.05, 4.69) is 0 Å². The van der Waals surface area contributed by atoms with Gasteiger partial charge in [0, 0.05) is 20.3 Å². The molecule has 0 bridgehead atoms. The summed E-state index contributed by atoms with van der Waals surface area (Å²) in [4.78, 5) is 0. The second-order valence-electron chi connectivity index (χ2n) is 3.42. The van der Waals surface area contributed by atoms with Gasteiger partial charge in [0.25, 0.3) is 0 Å². The van der Waals surface area contributed by atoms with Crippen LogP contribution in [-0.4, -0.2) is 46.3 Å². The van der Waals surface area contributed by atoms with Crippen LogP contribution in [0.4, 0.5) is 0 Å². The zero-order chi connectivity index (χ0) is 10.3. The average molecular weight is 238 g/mol. The highest BCUT2D eigenvalue weighted by Crippen LogP contribution is 2.15. The SMILES string of the molecule is CO[Si](C)(CCC(N)CCN)OC.[SiH4]. The predicted octanol–water partition coefficient (Wildman–Crippen LogP) is -1.03. The molecule has 0 heterocycles. The molecule has 0 aliphatic rings. The molecule has 0 radical (unpaired) electrons. The highest BCUT2D eigenvalue weighted by Gasteiger charge is 2.28. The van der Waals surface area contributed by atoms with Crippen LogP contribution in [0.2, 0.25) is 12.6 Å². The predicted molar refractivity (Wildman–Crippen MR) is 68.0 cm³/mol. The Kier molecular flexibility index (Phi) is 10.2. The van der Waals surface area contributed by atoms with Gasteiger partial charge in [-0.05, 0) is 42.9 Å². The van der Waals surface area contributed by atoms with Crippen LogP contribution in [0.1, 0.15) is 12.8 Å². The van der Waals surface area contributed by atoms with Crippen molar-refractivity contribution in [1.29, 1.82) is 0 Å². The topological polar surface area (TPSA) is 70.5 Å². The number of hydrogen-bond donors (Lipinski definition) is 2. The van der Waals surface area contributed by atoms with E-state index in [1.165, 1.54) is 0 Å². The molecule has 0 aliphatic heterocycles. The first kappa shape index (κ1) is 16.7. The molecule has 4 nitrogen and oxygen atoms in total. The molecule has 0 aromatic carbocycles. The van der Waals surface area contributed by atoms with Gasteiger partial charge in [0.05, 0.1) is 0 Å². The van der Waals surface area contributed by atoms with E-state index in [1.807, 2.05) is 6.55 Å². The van der Waals surface area contributed by atoms with Crippen LogP contribution in [0.25, 0.3) is 0 Å². The van der Waals surface area contributed by atoms with Crippen LogP contribution in [0.15, 0.2) is 0 Å². The Hall–Kier alpha value is 0.274. The van der Waals surface area contributed by atoms with Crippen LogP contribution in [0.5, 0.6) is 0 Å². The second-order valence-corrected chi connectivity index (χ2v) is 7.00. The van der Waals surface area contributed by atoms with Gasteiger partial charge in [-0.1, -0.05) is 0 Å². The summed E-state index contributed by atoms with van der Waals surface area (Å²) in [7, 11) is 1.49. The van der Waals surface area contributed by atoms with E-state index in [0.29, 0.717) is 6.54 Å². The summed E-state index contributed by atoms with van der Waals surface area (Å²) < 4.78 is 10.7. The third-order valence-electron chi connectivity index (χ3n) is 2.37. The van der Waals surface area contributed by atoms with Crippen molar-refractivity contribution in [2.24, 2.45) is 11.5 Å². The van der Waals surface area contributed by atoms with E-state index in [1.54, 1.807) is 14.2 Å². The highest BCUT2D eigenvalue weighted by atomic mass is 28.4. The maximum Gasteiger partial charge on any atom is 0.334 e. The fourth-order valence-electron chi connectivity index (χ4n) is 1.09. The standard InChI is InChI=1S/C8H22N2O2Si.H4Si/c1-11-13(3,12-2)7-5-8(10)4-6-9;/h8H,4-7,9-10H2,1-3H3;1H4. The summed E-state index contributed by atoms with van der Waals surface area (Å²) in [5, 5.41) is 0. The van der Waals surface area contributed by atoms with E-state index in [9.17, 15) is 0 Å². The average Bonchev–Trinajstić information content (AvgIpc) is 2.15. The van der Waals surface area contributed by atoms with Crippen molar-refractivity contribution in [1.82, 2.24) is 0 Å². The quantitative estimate of drug-likeness (QED) is 0.556. The van der Waals surface area contributed by atoms with Gasteiger partial charge in [0.2, 0.25) is 0 Å². The molecule has 88 valence electrons. The van der Waals surface area contributed by atoms with Gasteiger partial charge in [-0.3, -0.25) is 0 Å². The Balaban J connectivity index is 0. The lowest BCUT2D eigenvalue weighted by Crippen LogP contribution is -2.38. The molecule has 0 aromatic rings. The molecule has 1 unspecified atom stereocenters. The summed E-state index contributed by atoms with van der Waals surface area (Å²) >= 11 is 0. The fraction of sp³-hybridized carbons (Fsp3) is 1.00. The number of hydrogen-bond acceptors (Lipinski definition) is 4. The Morgan fingerprint density at radius 3 is 2.07 bits per heavy atom. The van der Waals surface area contributed by atoms with Gasteiger partial charge >= 0.3 is 8.56 Å². The molecule has 0 saturated carbocycles. The van der Waals surface area contributed by atoms with Crippen molar-refractivity contribution in [3.63, 3.8) is 0 Å². The van der Waals surface area contributed by atoms with Crippen molar-refractivity contribution < 1.29 is 8.85 Å². The molecule has 0 saturated heterocycles. The van der Waals surface area contributed by atoms with Crippen LogP contribution in [0.3, 0.4) is 0 Å². The first-order valence-corrected chi connectivity index (χ1v) is 7.16. The van der Waals surface area contributed by atoms with Gasteiger partial charge in [-0.25, -0.2) is 0 Å². The van der Waals surface area contributed by atoms with Gasteiger partial charge in [-0.15, -0.1) is 0 Å². The van der Waals surface area contributed by atoms with E-state index in [4.69, 9.17) is 20.3 Å². The molecule has 0 aliphatic carbocycles. The summed E-state index contributed by atoms with van der Waals surface area (Å²) in [5.41, 5.74) is 11.2. The molecule has 1 atom stereocenters. The summed E-state index contributed by atoms with van der Waals surface area (Å²) in [5.74, 6) is 0. The first-order valence-electron chi connectivity index (χ1n) is 4.64. The molecule has 4 N–H and O–H groups in total. The lowest BCUT2D eigenvalue weighted by Gasteiger charge is -2.24. The molecule has 0 rings (SSSR count). The maximum absolute atomic E-state index is 5.83. The molecule has 6 heteroatoms. The normalized spacial score (nSPS) is 13.5. The minimum atomic E-state index is -1.91. The Morgan fingerprint density at radius 2 is 1.71 bits per heavy atom. The third-order valence-corrected chi connectivity index (χ3v) is 5.29. The lowest BCUT2D eigenvalue weighted by atomic mass is 10.2. The minimum absolute atomic E-state index is 0. The van der Waals surface area contributed by atoms with Crippen LogP contribution < -0.4 is 11.5 Å². The Labute approximate surface area is 92.6 Å². The van der Waals surface area contributed by atoms with Gasteiger partial charge < -0.3 is 20.3 Å². The maximum atomic E-state index is 5.83. The molecular weight excluding hydrogens is 212 g/mol. The van der Waals surface area contributed by atoms with Crippen LogP contribution in [0, 0.1) is 0 Å². The number of nitrogens with two attached hydrogens (primary N) is 2. The smallest absolute Gasteiger partial charge is 0.334 e. The lowest BCUT2D eigenvalue weighted by molar-refractivity contribution is 0.247. The van der Waals surface area contributed by atoms with E-state index in [-0.39, 0.29) is 17.0 Å². The number of rotatable bonds is 7. The largest absolute Gasteiger partial charge is 0.398 e. The molecule has 0 fully saturated rings. The molecule has 0 aromatic heterocycles. The van der Waals surface area contributed by atoms with Crippen molar-refractivity contribution >= 4 is 19.5 Å². The Morgan fingerprint density at radius 1 is 1.21 bits per heavy atom. The van der Waals surface area contributed by atoms with Crippen molar-refractivity contribution in [3.8, 4) is 0 Å². The molecular formula is C8H26N2O2Si2. The third kappa shape index (κ3) is 6.69. The zero-order valence-electron chi connectivity index (χ0n) is 8.88. The van der Waals surface area contributed by atoms with Crippen LogP contribution in [-0.2, 0) is 8.85 Å². The fourth-order valence-corrected chi connectivity index (χ4v) is 2.56. The zero-order valence-corrected chi connectivity index (χ0v) is 9.88. The van der Waals surface area contributed by atoms with Crippen molar-refractivity contribution in [3.05, 3.63) is 0 Å². The second kappa shape index (κ2) is 8.57. The summed E-state index contributed by atoms with van der Waals surface area (Å²) in [6.45, 7) is 2.70. The van der Waals surface area contributed by atoms with Crippen molar-refractivity contribution in [2.45, 2.75) is 31.5 Å². The highest BCUT2D eigenvalue weighted by molar-refractivity contribution is 6.65. The van der Waals surface area contributed by atoms with Gasteiger partial charge in [0.1, 0.15) is 0 Å². The van der Waals surface area contributed by atoms with Gasteiger partial charge in [0.15, 0.2) is 0 Å². The summed E-state index contributed by atoms with van der Waals surface area (Å²) in [6.07, 6.45) is 1.81. The first-order chi connectivity index (χ1) is 6.08. The van der Waals surface area contributed by atoms with E-state index < -0.39 is 8.56 Å². The van der Waals surface area contributed by atoms with Crippen LogP contribution >= 0.6 is 0 Å².